The van der Waals surface area contributed by atoms with E-state index in [9.17, 15) is 0 Å². The Morgan fingerprint density at radius 1 is 1.23 bits per heavy atom. The van der Waals surface area contributed by atoms with Gasteiger partial charge in [-0.15, -0.1) is 0 Å². The third kappa shape index (κ3) is 3.28. The van der Waals surface area contributed by atoms with Crippen LogP contribution in [-0.2, 0) is 0 Å². The highest BCUT2D eigenvalue weighted by Crippen LogP contribution is 2.22. The maximum Gasteiger partial charge on any atom is 0.178 e. The van der Waals surface area contributed by atoms with E-state index in [1.165, 1.54) is 0 Å². The van der Waals surface area contributed by atoms with Crippen molar-refractivity contribution in [2.24, 2.45) is 4.99 Å². The third-order valence-electron chi connectivity index (χ3n) is 3.17. The Hall–Kier alpha value is -2.34. The monoisotopic (exact) mass is 311 g/mol. The highest BCUT2D eigenvalue weighted by atomic mass is 32.2. The van der Waals surface area contributed by atoms with E-state index in [1.54, 1.807) is 30.4 Å². The Balaban J connectivity index is 2.02. The molecule has 0 unspecified atom stereocenters. The number of aromatic nitrogens is 2. The number of nitrogens with one attached hydrogen (secondary N) is 2. The van der Waals surface area contributed by atoms with Gasteiger partial charge in [0.1, 0.15) is 5.82 Å². The van der Waals surface area contributed by atoms with Crippen LogP contribution < -0.4 is 10.6 Å². The number of nitrogens with zero attached hydrogens (tertiary/aromatic N) is 3. The van der Waals surface area contributed by atoms with Gasteiger partial charge >= 0.3 is 0 Å². The van der Waals surface area contributed by atoms with Gasteiger partial charge in [-0.2, -0.15) is 11.8 Å². The largest absolute Gasteiger partial charge is 0.369 e. The summed E-state index contributed by atoms with van der Waals surface area (Å²) in [6, 6.07) is 8.03. The quantitative estimate of drug-likeness (QED) is 0.831. The fourth-order valence-corrected chi connectivity index (χ4v) is 2.43. The third-order valence-corrected chi connectivity index (χ3v) is 3.78. The number of rotatable bonds is 5. The van der Waals surface area contributed by atoms with Gasteiger partial charge in [-0.1, -0.05) is 12.1 Å². The van der Waals surface area contributed by atoms with Crippen molar-refractivity contribution in [3.8, 4) is 0 Å². The van der Waals surface area contributed by atoms with Gasteiger partial charge in [-0.05, 0) is 24.5 Å². The van der Waals surface area contributed by atoms with Gasteiger partial charge in [0.15, 0.2) is 5.82 Å². The van der Waals surface area contributed by atoms with E-state index < -0.39 is 0 Å². The number of para-hydroxylation sites is 1. The number of fused-ring (bicyclic) bond motifs is 1. The zero-order chi connectivity index (χ0) is 15.2. The molecule has 1 aliphatic heterocycles. The van der Waals surface area contributed by atoms with E-state index in [-0.39, 0.29) is 0 Å². The average molecular weight is 311 g/mol. The number of hydrogen-bond acceptors (Lipinski definition) is 6. The Kier molecular flexibility index (Phi) is 4.70. The van der Waals surface area contributed by atoms with Crippen molar-refractivity contribution < 1.29 is 0 Å². The first-order valence-electron chi connectivity index (χ1n) is 7.03. The molecule has 0 radical (unpaired) electrons. The fourth-order valence-electron chi connectivity index (χ4n) is 2.13. The second kappa shape index (κ2) is 7.09. The van der Waals surface area contributed by atoms with E-state index in [4.69, 9.17) is 0 Å². The molecule has 1 aliphatic rings. The highest BCUT2D eigenvalue weighted by Gasteiger charge is 2.10. The molecule has 0 saturated carbocycles. The van der Waals surface area contributed by atoms with E-state index in [2.05, 4.69) is 31.8 Å². The van der Waals surface area contributed by atoms with Crippen LogP contribution in [0.25, 0.3) is 16.6 Å². The van der Waals surface area contributed by atoms with Gasteiger partial charge in [0.2, 0.25) is 0 Å². The van der Waals surface area contributed by atoms with Gasteiger partial charge in [-0.25, -0.2) is 9.97 Å². The summed E-state index contributed by atoms with van der Waals surface area (Å²) in [5.41, 5.74) is 1.75. The predicted molar refractivity (Wildman–Crippen MR) is 95.2 cm³/mol. The molecule has 6 heteroatoms. The van der Waals surface area contributed by atoms with Crippen molar-refractivity contribution in [3.63, 3.8) is 0 Å². The van der Waals surface area contributed by atoms with Crippen LogP contribution in [-0.4, -0.2) is 34.7 Å². The second-order valence-electron chi connectivity index (χ2n) is 4.67. The Morgan fingerprint density at radius 3 is 3.05 bits per heavy atom. The Labute approximate surface area is 133 Å². The van der Waals surface area contributed by atoms with Crippen LogP contribution in [0.3, 0.4) is 0 Å². The summed E-state index contributed by atoms with van der Waals surface area (Å²) < 4.78 is 0. The van der Waals surface area contributed by atoms with Gasteiger partial charge in [0.05, 0.1) is 11.2 Å². The summed E-state index contributed by atoms with van der Waals surface area (Å²) in [6.45, 7) is 0.870. The second-order valence-corrected chi connectivity index (χ2v) is 5.66. The molecular weight excluding hydrogens is 294 g/mol. The Morgan fingerprint density at radius 2 is 2.14 bits per heavy atom. The zero-order valence-electron chi connectivity index (χ0n) is 12.3. The molecule has 0 bridgehead atoms. The molecule has 5 nitrogen and oxygen atoms in total. The molecule has 112 valence electrons. The molecule has 3 rings (SSSR count). The molecule has 1 aromatic carbocycles. The maximum atomic E-state index is 4.68. The molecule has 0 amide bonds. The van der Waals surface area contributed by atoms with Crippen molar-refractivity contribution >= 4 is 40.4 Å². The Bertz CT molecular complexity index is 751. The zero-order valence-corrected chi connectivity index (χ0v) is 13.1. The lowest BCUT2D eigenvalue weighted by molar-refractivity contribution is 1.07. The smallest absolute Gasteiger partial charge is 0.178 e. The van der Waals surface area contributed by atoms with Crippen LogP contribution in [0.4, 0.5) is 5.82 Å². The predicted octanol–water partition coefficient (Wildman–Crippen LogP) is 2.89. The number of benzene rings is 1. The van der Waals surface area contributed by atoms with Crippen LogP contribution in [0.2, 0.25) is 0 Å². The fraction of sp³-hybridized carbons (Fsp3) is 0.188. The number of thioether (sulfide) groups is 1. The SMILES string of the molecule is CSCCNc1nc(C2=CC=NC=CN2)nc2ccccc12. The van der Waals surface area contributed by atoms with Crippen molar-refractivity contribution in [1.29, 1.82) is 0 Å². The molecule has 22 heavy (non-hydrogen) atoms. The molecule has 2 N–H and O–H groups in total. The lowest BCUT2D eigenvalue weighted by Crippen LogP contribution is -2.11. The molecule has 0 fully saturated rings. The molecular formula is C16H17N5S. The highest BCUT2D eigenvalue weighted by molar-refractivity contribution is 7.98. The van der Waals surface area contributed by atoms with Crippen LogP contribution in [0.5, 0.6) is 0 Å². The van der Waals surface area contributed by atoms with Crippen molar-refractivity contribution in [2.75, 3.05) is 23.9 Å². The minimum absolute atomic E-state index is 0.656. The van der Waals surface area contributed by atoms with Crippen molar-refractivity contribution in [1.82, 2.24) is 15.3 Å². The topological polar surface area (TPSA) is 62.2 Å². The first-order valence-corrected chi connectivity index (χ1v) is 8.43. The van der Waals surface area contributed by atoms with Crippen LogP contribution in [0, 0.1) is 0 Å². The molecule has 1 aromatic heterocycles. The molecule has 0 saturated heterocycles. The minimum Gasteiger partial charge on any atom is -0.369 e. The summed E-state index contributed by atoms with van der Waals surface area (Å²) in [5, 5.41) is 7.59. The first-order chi connectivity index (χ1) is 10.9. The van der Waals surface area contributed by atoms with E-state index in [0.29, 0.717) is 5.82 Å². The van der Waals surface area contributed by atoms with Gasteiger partial charge in [-0.3, -0.25) is 4.99 Å². The van der Waals surface area contributed by atoms with Crippen molar-refractivity contribution in [2.45, 2.75) is 0 Å². The van der Waals surface area contributed by atoms with E-state index in [1.807, 2.05) is 30.3 Å². The van der Waals surface area contributed by atoms with E-state index in [0.717, 1.165) is 34.7 Å². The standard InChI is InChI=1S/C16H17N5S/c1-22-11-10-19-15-12-4-2-3-5-13(12)20-16(21-15)14-6-7-17-8-9-18-14/h2-9,18H,10-11H2,1H3,(H,19,20,21). The number of aliphatic imine (C=N–C) groups is 1. The number of allylic oxidation sites excluding steroid dienone is 1. The number of anilines is 1. The normalized spacial score (nSPS) is 13.6. The van der Waals surface area contributed by atoms with Gasteiger partial charge in [0.25, 0.3) is 0 Å². The van der Waals surface area contributed by atoms with Crippen molar-refractivity contribution in [3.05, 3.63) is 48.6 Å². The molecule has 2 heterocycles. The number of hydrogen-bond donors (Lipinski definition) is 2. The maximum absolute atomic E-state index is 4.68. The van der Waals surface area contributed by atoms with Crippen LogP contribution >= 0.6 is 11.8 Å². The molecule has 2 aromatic rings. The summed E-state index contributed by atoms with van der Waals surface area (Å²) in [7, 11) is 0. The van der Waals surface area contributed by atoms with E-state index >= 15 is 0 Å². The van der Waals surface area contributed by atoms with Crippen LogP contribution in [0.15, 0.2) is 47.7 Å². The van der Waals surface area contributed by atoms with Gasteiger partial charge < -0.3 is 10.6 Å². The summed E-state index contributed by atoms with van der Waals surface area (Å²) >= 11 is 1.81. The molecule has 0 aliphatic carbocycles. The first kappa shape index (κ1) is 14.6. The molecule has 0 spiro atoms. The molecule has 0 atom stereocenters. The minimum atomic E-state index is 0.656. The van der Waals surface area contributed by atoms with Gasteiger partial charge in [0, 0.05) is 36.3 Å². The summed E-state index contributed by atoms with van der Waals surface area (Å²) in [6.07, 6.45) is 9.16. The summed E-state index contributed by atoms with van der Waals surface area (Å²) in [4.78, 5) is 13.4. The lowest BCUT2D eigenvalue weighted by atomic mass is 10.2. The summed E-state index contributed by atoms with van der Waals surface area (Å²) in [5.74, 6) is 2.55. The lowest BCUT2D eigenvalue weighted by Gasteiger charge is -2.11. The van der Waals surface area contributed by atoms with Crippen LogP contribution in [0.1, 0.15) is 5.82 Å². The average Bonchev–Trinajstić information content (AvgIpc) is 2.84.